The van der Waals surface area contributed by atoms with Gasteiger partial charge in [-0.3, -0.25) is 0 Å². The number of benzene rings is 1. The Kier molecular flexibility index (Phi) is 4.92. The smallest absolute Gasteiger partial charge is 0.339 e. The third-order valence-corrected chi connectivity index (χ3v) is 3.67. The lowest BCUT2D eigenvalue weighted by atomic mass is 10.2. The molecule has 0 heterocycles. The average molecular weight is 282 g/mol. The standard InChI is InChI=1S/C12H14N2O4S/c1-3-4-7-14-19(16,17)11-8-9(13)5-6-10(11)12(15)18-2/h5-6,8,14H,7,13H2,1-2H3. The van der Waals surface area contributed by atoms with Crippen molar-refractivity contribution in [3.63, 3.8) is 0 Å². The van der Waals surface area contributed by atoms with Gasteiger partial charge >= 0.3 is 5.97 Å². The highest BCUT2D eigenvalue weighted by molar-refractivity contribution is 7.89. The molecule has 3 N–H and O–H groups in total. The number of carbonyl (C=O) groups excluding carboxylic acids is 1. The molecule has 0 radical (unpaired) electrons. The zero-order chi connectivity index (χ0) is 14.5. The van der Waals surface area contributed by atoms with Gasteiger partial charge in [0.15, 0.2) is 0 Å². The number of anilines is 1. The molecule has 0 fully saturated rings. The number of nitrogens with one attached hydrogen (secondary N) is 1. The number of carbonyl (C=O) groups is 1. The minimum absolute atomic E-state index is 0.0474. The first-order valence-corrected chi connectivity index (χ1v) is 6.78. The van der Waals surface area contributed by atoms with Crippen molar-refractivity contribution in [3.05, 3.63) is 23.8 Å². The Labute approximate surface area is 112 Å². The second-order valence-electron chi connectivity index (χ2n) is 3.50. The molecule has 1 aromatic rings. The highest BCUT2D eigenvalue weighted by atomic mass is 32.2. The molecule has 0 atom stereocenters. The molecule has 0 saturated carbocycles. The molecular formula is C12H14N2O4S. The highest BCUT2D eigenvalue weighted by Crippen LogP contribution is 2.19. The van der Waals surface area contributed by atoms with Crippen LogP contribution in [0.15, 0.2) is 23.1 Å². The van der Waals surface area contributed by atoms with E-state index in [1.54, 1.807) is 6.92 Å². The van der Waals surface area contributed by atoms with Crippen LogP contribution in [0.2, 0.25) is 0 Å². The number of rotatable bonds is 4. The highest BCUT2D eigenvalue weighted by Gasteiger charge is 2.22. The SMILES string of the molecule is CC#CCNS(=O)(=O)c1cc(N)ccc1C(=O)OC. The zero-order valence-corrected chi connectivity index (χ0v) is 11.4. The summed E-state index contributed by atoms with van der Waals surface area (Å²) in [5, 5.41) is 0. The van der Waals surface area contributed by atoms with Crippen LogP contribution in [0, 0.1) is 11.8 Å². The van der Waals surface area contributed by atoms with Gasteiger partial charge in [-0.25, -0.2) is 13.2 Å². The van der Waals surface area contributed by atoms with Crippen molar-refractivity contribution < 1.29 is 17.9 Å². The Morgan fingerprint density at radius 3 is 2.74 bits per heavy atom. The normalized spacial score (nSPS) is 10.4. The molecule has 0 spiro atoms. The summed E-state index contributed by atoms with van der Waals surface area (Å²) in [6.45, 7) is 1.54. The van der Waals surface area contributed by atoms with Gasteiger partial charge in [-0.2, -0.15) is 4.72 Å². The number of ether oxygens (including phenoxy) is 1. The molecule has 19 heavy (non-hydrogen) atoms. The van der Waals surface area contributed by atoms with Gasteiger partial charge in [-0.05, 0) is 25.1 Å². The topological polar surface area (TPSA) is 98.5 Å². The van der Waals surface area contributed by atoms with Crippen LogP contribution < -0.4 is 10.5 Å². The summed E-state index contributed by atoms with van der Waals surface area (Å²) in [6.07, 6.45) is 0. The van der Waals surface area contributed by atoms with Gasteiger partial charge in [-0.15, -0.1) is 5.92 Å². The van der Waals surface area contributed by atoms with E-state index in [0.717, 1.165) is 0 Å². The van der Waals surface area contributed by atoms with Crippen LogP contribution in [0.1, 0.15) is 17.3 Å². The lowest BCUT2D eigenvalue weighted by Crippen LogP contribution is -2.26. The summed E-state index contributed by atoms with van der Waals surface area (Å²) in [4.78, 5) is 11.3. The summed E-state index contributed by atoms with van der Waals surface area (Å²) < 4.78 is 30.9. The van der Waals surface area contributed by atoms with Gasteiger partial charge < -0.3 is 10.5 Å². The molecule has 0 amide bonds. The first-order valence-electron chi connectivity index (χ1n) is 5.29. The lowest BCUT2D eigenvalue weighted by Gasteiger charge is -2.09. The number of nitrogen functional groups attached to an aromatic ring is 1. The zero-order valence-electron chi connectivity index (χ0n) is 10.6. The molecule has 7 heteroatoms. The Morgan fingerprint density at radius 2 is 2.16 bits per heavy atom. The Balaban J connectivity index is 3.26. The molecule has 0 unspecified atom stereocenters. The molecule has 6 nitrogen and oxygen atoms in total. The first kappa shape index (κ1) is 15.0. The van der Waals surface area contributed by atoms with Crippen molar-refractivity contribution in [2.75, 3.05) is 19.4 Å². The number of methoxy groups -OCH3 is 1. The van der Waals surface area contributed by atoms with Crippen LogP contribution >= 0.6 is 0 Å². The number of esters is 1. The van der Waals surface area contributed by atoms with Crippen molar-refractivity contribution in [1.29, 1.82) is 0 Å². The second kappa shape index (κ2) is 6.22. The van der Waals surface area contributed by atoms with E-state index in [0.29, 0.717) is 0 Å². The van der Waals surface area contributed by atoms with Crippen molar-refractivity contribution in [2.24, 2.45) is 0 Å². The van der Waals surface area contributed by atoms with Gasteiger partial charge in [0.2, 0.25) is 10.0 Å². The molecule has 102 valence electrons. The fourth-order valence-corrected chi connectivity index (χ4v) is 2.49. The first-order chi connectivity index (χ1) is 8.92. The van der Waals surface area contributed by atoms with E-state index in [-0.39, 0.29) is 22.7 Å². The molecule has 1 aromatic carbocycles. The summed E-state index contributed by atoms with van der Waals surface area (Å²) in [5.74, 6) is 4.37. The van der Waals surface area contributed by atoms with Crippen LogP contribution in [-0.2, 0) is 14.8 Å². The van der Waals surface area contributed by atoms with Gasteiger partial charge in [0, 0.05) is 5.69 Å². The van der Waals surface area contributed by atoms with E-state index in [1.807, 2.05) is 0 Å². The van der Waals surface area contributed by atoms with Crippen LogP contribution in [0.25, 0.3) is 0 Å². The van der Waals surface area contributed by atoms with E-state index in [1.165, 1.54) is 25.3 Å². The molecule has 0 aliphatic heterocycles. The van der Waals surface area contributed by atoms with Gasteiger partial charge in [-0.1, -0.05) is 5.92 Å². The second-order valence-corrected chi connectivity index (χ2v) is 5.23. The summed E-state index contributed by atoms with van der Waals surface area (Å²) in [6, 6.07) is 3.94. The maximum atomic E-state index is 12.1. The Bertz CT molecular complexity index is 641. The van der Waals surface area contributed by atoms with Crippen molar-refractivity contribution in [2.45, 2.75) is 11.8 Å². The fourth-order valence-electron chi connectivity index (χ4n) is 1.34. The maximum Gasteiger partial charge on any atom is 0.339 e. The molecule has 1 rings (SSSR count). The van der Waals surface area contributed by atoms with Crippen LogP contribution in [-0.4, -0.2) is 28.0 Å². The van der Waals surface area contributed by atoms with E-state index in [2.05, 4.69) is 21.3 Å². The number of nitrogens with two attached hydrogens (primary N) is 1. The van der Waals surface area contributed by atoms with Crippen LogP contribution in [0.3, 0.4) is 0 Å². The van der Waals surface area contributed by atoms with Crippen molar-refractivity contribution >= 4 is 21.7 Å². The van der Waals surface area contributed by atoms with Gasteiger partial charge in [0.1, 0.15) is 0 Å². The molecule has 0 aromatic heterocycles. The Hall–Kier alpha value is -2.04. The van der Waals surface area contributed by atoms with E-state index in [9.17, 15) is 13.2 Å². The van der Waals surface area contributed by atoms with Crippen LogP contribution in [0.5, 0.6) is 0 Å². The minimum atomic E-state index is -3.87. The molecule has 0 aliphatic rings. The van der Waals surface area contributed by atoms with Crippen LogP contribution in [0.4, 0.5) is 5.69 Å². The third kappa shape index (κ3) is 3.71. The Morgan fingerprint density at radius 1 is 1.47 bits per heavy atom. The molecular weight excluding hydrogens is 268 g/mol. The van der Waals surface area contributed by atoms with Gasteiger partial charge in [0.05, 0.1) is 24.1 Å². The number of hydrogen-bond donors (Lipinski definition) is 2. The molecule has 0 aliphatic carbocycles. The number of sulfonamides is 1. The maximum absolute atomic E-state index is 12.1. The molecule has 0 bridgehead atoms. The quantitative estimate of drug-likeness (QED) is 0.472. The number of hydrogen-bond acceptors (Lipinski definition) is 5. The fraction of sp³-hybridized carbons (Fsp3) is 0.250. The third-order valence-electron chi connectivity index (χ3n) is 2.23. The lowest BCUT2D eigenvalue weighted by molar-refractivity contribution is 0.0596. The summed E-state index contributed by atoms with van der Waals surface area (Å²) >= 11 is 0. The van der Waals surface area contributed by atoms with E-state index in [4.69, 9.17) is 5.73 Å². The molecule has 0 saturated heterocycles. The average Bonchev–Trinajstić information content (AvgIpc) is 2.38. The predicted molar refractivity (Wildman–Crippen MR) is 70.8 cm³/mol. The van der Waals surface area contributed by atoms with Crippen molar-refractivity contribution in [3.8, 4) is 11.8 Å². The van der Waals surface area contributed by atoms with E-state index >= 15 is 0 Å². The monoisotopic (exact) mass is 282 g/mol. The predicted octanol–water partition coefficient (Wildman–Crippen LogP) is 0.357. The minimum Gasteiger partial charge on any atom is -0.465 e. The largest absolute Gasteiger partial charge is 0.465 e. The summed E-state index contributed by atoms with van der Waals surface area (Å²) in [5.41, 5.74) is 5.70. The van der Waals surface area contributed by atoms with E-state index < -0.39 is 16.0 Å². The van der Waals surface area contributed by atoms with Crippen molar-refractivity contribution in [1.82, 2.24) is 4.72 Å². The van der Waals surface area contributed by atoms with Gasteiger partial charge in [0.25, 0.3) is 0 Å². The summed E-state index contributed by atoms with van der Waals surface area (Å²) in [7, 11) is -2.70.